The third-order valence-electron chi connectivity index (χ3n) is 2.86. The van der Waals surface area contributed by atoms with Crippen LogP contribution in [0.25, 0.3) is 5.65 Å². The Bertz CT molecular complexity index is 456. The van der Waals surface area contributed by atoms with E-state index in [0.29, 0.717) is 0 Å². The summed E-state index contributed by atoms with van der Waals surface area (Å²) in [6.45, 7) is 4.30. The summed E-state index contributed by atoms with van der Waals surface area (Å²) < 4.78 is 2.03. The molecule has 4 nitrogen and oxygen atoms in total. The van der Waals surface area contributed by atoms with E-state index in [0.717, 1.165) is 31.8 Å². The van der Waals surface area contributed by atoms with Gasteiger partial charge in [-0.1, -0.05) is 0 Å². The van der Waals surface area contributed by atoms with Gasteiger partial charge in [-0.05, 0) is 6.07 Å². The normalized spacial score (nSPS) is 17.2. The van der Waals surface area contributed by atoms with Crippen LogP contribution in [-0.2, 0) is 0 Å². The third-order valence-corrected chi connectivity index (χ3v) is 2.86. The zero-order valence-corrected chi connectivity index (χ0v) is 8.56. The maximum Gasteiger partial charge on any atom is 0.138 e. The van der Waals surface area contributed by atoms with E-state index < -0.39 is 0 Å². The summed E-state index contributed by atoms with van der Waals surface area (Å²) in [6, 6.07) is 4.30. The first kappa shape index (κ1) is 8.73. The van der Waals surface area contributed by atoms with E-state index in [2.05, 4.69) is 33.5 Å². The summed E-state index contributed by atoms with van der Waals surface area (Å²) in [5.41, 5.74) is 2.29. The maximum atomic E-state index is 4.29. The number of imidazole rings is 1. The number of hydrogen-bond donors (Lipinski definition) is 1. The lowest BCUT2D eigenvalue weighted by atomic mass is 10.3. The number of pyridine rings is 1. The highest BCUT2D eigenvalue weighted by molar-refractivity contribution is 5.56. The first-order valence-electron chi connectivity index (χ1n) is 5.32. The number of hydrogen-bond acceptors (Lipinski definition) is 3. The highest BCUT2D eigenvalue weighted by Crippen LogP contribution is 2.16. The molecule has 2 aromatic rings. The van der Waals surface area contributed by atoms with Crippen molar-refractivity contribution < 1.29 is 0 Å². The predicted molar refractivity (Wildman–Crippen MR) is 60.3 cm³/mol. The fourth-order valence-electron chi connectivity index (χ4n) is 2.02. The predicted octanol–water partition coefficient (Wildman–Crippen LogP) is 0.744. The molecule has 0 aromatic carbocycles. The van der Waals surface area contributed by atoms with Crippen molar-refractivity contribution in [2.45, 2.75) is 0 Å². The van der Waals surface area contributed by atoms with Crippen LogP contribution in [0.2, 0.25) is 0 Å². The van der Waals surface area contributed by atoms with Crippen molar-refractivity contribution in [2.24, 2.45) is 0 Å². The van der Waals surface area contributed by atoms with Gasteiger partial charge in [-0.2, -0.15) is 0 Å². The van der Waals surface area contributed by atoms with E-state index in [1.54, 1.807) is 0 Å². The van der Waals surface area contributed by atoms with Crippen molar-refractivity contribution in [3.63, 3.8) is 0 Å². The molecular weight excluding hydrogens is 188 g/mol. The molecule has 3 rings (SSSR count). The van der Waals surface area contributed by atoms with E-state index in [4.69, 9.17) is 0 Å². The van der Waals surface area contributed by atoms with E-state index >= 15 is 0 Å². The van der Waals surface area contributed by atoms with Crippen LogP contribution in [0.3, 0.4) is 0 Å². The Kier molecular flexibility index (Phi) is 2.07. The van der Waals surface area contributed by atoms with E-state index in [1.807, 2.05) is 16.8 Å². The minimum absolute atomic E-state index is 1.02. The van der Waals surface area contributed by atoms with Crippen LogP contribution in [0.4, 0.5) is 5.69 Å². The number of rotatable bonds is 1. The number of nitrogens with zero attached hydrogens (tertiary/aromatic N) is 3. The van der Waals surface area contributed by atoms with Gasteiger partial charge in [0.2, 0.25) is 0 Å². The van der Waals surface area contributed by atoms with Gasteiger partial charge in [-0.15, -0.1) is 0 Å². The average molecular weight is 202 g/mol. The molecule has 2 aromatic heterocycles. The van der Waals surface area contributed by atoms with Crippen LogP contribution in [0.1, 0.15) is 0 Å². The lowest BCUT2D eigenvalue weighted by molar-refractivity contribution is 0.589. The molecule has 0 atom stereocenters. The molecule has 0 radical (unpaired) electrons. The van der Waals surface area contributed by atoms with Gasteiger partial charge >= 0.3 is 0 Å². The van der Waals surface area contributed by atoms with Crippen LogP contribution in [0.5, 0.6) is 0 Å². The molecule has 1 saturated heterocycles. The van der Waals surface area contributed by atoms with Gasteiger partial charge in [0, 0.05) is 56.5 Å². The van der Waals surface area contributed by atoms with Crippen LogP contribution >= 0.6 is 0 Å². The molecule has 0 bridgehead atoms. The first-order valence-corrected chi connectivity index (χ1v) is 5.32. The lowest BCUT2D eigenvalue weighted by Gasteiger charge is -2.29. The number of aromatic nitrogens is 2. The molecule has 1 aliphatic rings. The zero-order chi connectivity index (χ0) is 10.1. The maximum absolute atomic E-state index is 4.29. The highest BCUT2D eigenvalue weighted by atomic mass is 15.2. The van der Waals surface area contributed by atoms with Crippen molar-refractivity contribution >= 4 is 11.3 Å². The number of piperazine rings is 1. The van der Waals surface area contributed by atoms with Gasteiger partial charge in [0.25, 0.3) is 0 Å². The highest BCUT2D eigenvalue weighted by Gasteiger charge is 2.10. The van der Waals surface area contributed by atoms with Gasteiger partial charge in [0.05, 0.1) is 0 Å². The summed E-state index contributed by atoms with van der Waals surface area (Å²) in [5, 5.41) is 3.35. The molecular formula is C11H14N4. The second-order valence-electron chi connectivity index (χ2n) is 3.81. The van der Waals surface area contributed by atoms with Gasteiger partial charge in [0.1, 0.15) is 5.65 Å². The van der Waals surface area contributed by atoms with Crippen LogP contribution in [0, 0.1) is 0 Å². The monoisotopic (exact) mass is 202 g/mol. The fraction of sp³-hybridized carbons (Fsp3) is 0.364. The molecule has 0 spiro atoms. The molecule has 1 aliphatic heterocycles. The third kappa shape index (κ3) is 1.57. The molecule has 4 heteroatoms. The number of fused-ring (bicyclic) bond motifs is 1. The van der Waals surface area contributed by atoms with E-state index in [9.17, 15) is 0 Å². The van der Waals surface area contributed by atoms with Crippen LogP contribution in [-0.4, -0.2) is 35.6 Å². The number of anilines is 1. The topological polar surface area (TPSA) is 32.6 Å². The molecule has 78 valence electrons. The standard InChI is InChI=1S/C11H14N4/c1-5-15-8-4-13-11(15)9-10(1)14-6-2-12-3-7-14/h1,4-5,8-9,12H,2-3,6-7H2. The first-order chi connectivity index (χ1) is 7.43. The molecule has 1 N–H and O–H groups in total. The molecule has 15 heavy (non-hydrogen) atoms. The second kappa shape index (κ2) is 3.55. The number of nitrogens with one attached hydrogen (secondary N) is 1. The summed E-state index contributed by atoms with van der Waals surface area (Å²) >= 11 is 0. The Balaban J connectivity index is 1.95. The summed E-state index contributed by atoms with van der Waals surface area (Å²) in [5.74, 6) is 0. The minimum Gasteiger partial charge on any atom is -0.369 e. The Labute approximate surface area is 88.5 Å². The van der Waals surface area contributed by atoms with Gasteiger partial charge < -0.3 is 14.6 Å². The van der Waals surface area contributed by atoms with Crippen molar-refractivity contribution in [1.29, 1.82) is 0 Å². The van der Waals surface area contributed by atoms with Crippen molar-refractivity contribution in [3.8, 4) is 0 Å². The summed E-state index contributed by atoms with van der Waals surface area (Å²) in [4.78, 5) is 6.69. The summed E-state index contributed by atoms with van der Waals surface area (Å²) in [7, 11) is 0. The lowest BCUT2D eigenvalue weighted by Crippen LogP contribution is -2.43. The zero-order valence-electron chi connectivity index (χ0n) is 8.56. The largest absolute Gasteiger partial charge is 0.369 e. The Morgan fingerprint density at radius 1 is 1.20 bits per heavy atom. The van der Waals surface area contributed by atoms with Gasteiger partial charge in [0.15, 0.2) is 0 Å². The average Bonchev–Trinajstić information content (AvgIpc) is 2.77. The molecule has 0 unspecified atom stereocenters. The molecule has 0 amide bonds. The molecule has 3 heterocycles. The summed E-state index contributed by atoms with van der Waals surface area (Å²) in [6.07, 6.45) is 5.87. The molecule has 0 saturated carbocycles. The Hall–Kier alpha value is -1.55. The van der Waals surface area contributed by atoms with Crippen molar-refractivity contribution in [2.75, 3.05) is 31.1 Å². The van der Waals surface area contributed by atoms with Gasteiger partial charge in [-0.3, -0.25) is 0 Å². The molecule has 0 aliphatic carbocycles. The SMILES string of the molecule is c1cn2ccc(N3CCNCC3)cc2n1. The Morgan fingerprint density at radius 3 is 2.93 bits per heavy atom. The Morgan fingerprint density at radius 2 is 2.07 bits per heavy atom. The fourth-order valence-corrected chi connectivity index (χ4v) is 2.02. The quantitative estimate of drug-likeness (QED) is 0.740. The van der Waals surface area contributed by atoms with E-state index in [-0.39, 0.29) is 0 Å². The van der Waals surface area contributed by atoms with Gasteiger partial charge in [-0.25, -0.2) is 4.98 Å². The van der Waals surface area contributed by atoms with E-state index in [1.165, 1.54) is 5.69 Å². The second-order valence-corrected chi connectivity index (χ2v) is 3.81. The van der Waals surface area contributed by atoms with Crippen molar-refractivity contribution in [3.05, 3.63) is 30.7 Å². The minimum atomic E-state index is 1.02. The van der Waals surface area contributed by atoms with Crippen LogP contribution < -0.4 is 10.2 Å². The van der Waals surface area contributed by atoms with Crippen molar-refractivity contribution in [1.82, 2.24) is 14.7 Å². The molecule has 1 fully saturated rings. The smallest absolute Gasteiger partial charge is 0.138 e. The van der Waals surface area contributed by atoms with Crippen LogP contribution in [0.15, 0.2) is 30.7 Å².